The van der Waals surface area contributed by atoms with Crippen molar-refractivity contribution in [1.82, 2.24) is 14.8 Å². The highest BCUT2D eigenvalue weighted by Crippen LogP contribution is 2.09. The summed E-state index contributed by atoms with van der Waals surface area (Å²) in [4.78, 5) is 10.7. The van der Waals surface area contributed by atoms with Gasteiger partial charge in [-0.25, -0.2) is 4.79 Å². The van der Waals surface area contributed by atoms with Crippen LogP contribution in [0.4, 0.5) is 0 Å². The van der Waals surface area contributed by atoms with E-state index in [1.54, 1.807) is 11.5 Å². The minimum atomic E-state index is -0.864. The number of nitrogens with zero attached hydrogens (tertiary/aromatic N) is 3. The van der Waals surface area contributed by atoms with Crippen molar-refractivity contribution >= 4 is 5.97 Å². The van der Waals surface area contributed by atoms with Gasteiger partial charge in [0.15, 0.2) is 0 Å². The number of carbonyl (C=O) groups is 1. The number of rotatable bonds is 4. The number of hydrogen-bond acceptors (Lipinski definition) is 3. The molecular formula is C8H13N3O2. The Morgan fingerprint density at radius 2 is 2.46 bits per heavy atom. The summed E-state index contributed by atoms with van der Waals surface area (Å²) >= 11 is 0. The minimum absolute atomic E-state index is 0.587. The molecule has 1 unspecified atom stereocenters. The first-order valence-corrected chi connectivity index (χ1v) is 4.28. The number of aliphatic carboxylic acids is 1. The number of carboxylic acid groups (broad SMARTS) is 1. The molecule has 0 fully saturated rings. The van der Waals surface area contributed by atoms with Crippen LogP contribution in [0.2, 0.25) is 0 Å². The van der Waals surface area contributed by atoms with E-state index in [9.17, 15) is 4.79 Å². The lowest BCUT2D eigenvalue weighted by atomic mass is 10.3. The van der Waals surface area contributed by atoms with Crippen LogP contribution in [0, 0.1) is 0 Å². The molecule has 0 saturated heterocycles. The maximum absolute atomic E-state index is 10.7. The van der Waals surface area contributed by atoms with Gasteiger partial charge in [0.2, 0.25) is 0 Å². The van der Waals surface area contributed by atoms with Crippen LogP contribution in [0.3, 0.4) is 0 Å². The molecule has 0 spiro atoms. The van der Waals surface area contributed by atoms with Crippen molar-refractivity contribution in [1.29, 1.82) is 0 Å². The van der Waals surface area contributed by atoms with E-state index in [0.717, 1.165) is 18.7 Å². The van der Waals surface area contributed by atoms with E-state index < -0.39 is 12.0 Å². The Labute approximate surface area is 76.4 Å². The lowest BCUT2D eigenvalue weighted by molar-refractivity contribution is -0.140. The van der Waals surface area contributed by atoms with Gasteiger partial charge in [0.25, 0.3) is 0 Å². The van der Waals surface area contributed by atoms with Gasteiger partial charge in [-0.05, 0) is 13.3 Å². The minimum Gasteiger partial charge on any atom is -0.480 e. The van der Waals surface area contributed by atoms with Gasteiger partial charge in [-0.2, -0.15) is 0 Å². The second kappa shape index (κ2) is 4.02. The van der Waals surface area contributed by atoms with Crippen LogP contribution >= 0.6 is 0 Å². The van der Waals surface area contributed by atoms with Gasteiger partial charge in [-0.1, -0.05) is 6.92 Å². The number of aryl methyl sites for hydroxylation is 1. The van der Waals surface area contributed by atoms with Gasteiger partial charge in [0.05, 0.1) is 0 Å². The summed E-state index contributed by atoms with van der Waals surface area (Å²) in [6.45, 7) is 3.63. The second-order valence-electron chi connectivity index (χ2n) is 2.92. The Morgan fingerprint density at radius 1 is 1.77 bits per heavy atom. The van der Waals surface area contributed by atoms with Gasteiger partial charge in [-0.15, -0.1) is 10.2 Å². The topological polar surface area (TPSA) is 68.0 Å². The van der Waals surface area contributed by atoms with Gasteiger partial charge in [0.1, 0.15) is 18.2 Å². The Balaban J connectivity index is 2.86. The molecule has 72 valence electrons. The van der Waals surface area contributed by atoms with Gasteiger partial charge in [-0.3, -0.25) is 0 Å². The fourth-order valence-electron chi connectivity index (χ4n) is 1.11. The lowest BCUT2D eigenvalue weighted by Gasteiger charge is -2.09. The van der Waals surface area contributed by atoms with E-state index >= 15 is 0 Å². The molecule has 0 radical (unpaired) electrons. The molecule has 1 aromatic rings. The summed E-state index contributed by atoms with van der Waals surface area (Å²) in [6.07, 6.45) is 3.16. The van der Waals surface area contributed by atoms with E-state index in [1.807, 2.05) is 6.92 Å². The van der Waals surface area contributed by atoms with Crippen molar-refractivity contribution in [3.8, 4) is 0 Å². The molecular weight excluding hydrogens is 170 g/mol. The Morgan fingerprint density at radius 3 is 3.00 bits per heavy atom. The smallest absolute Gasteiger partial charge is 0.326 e. The summed E-state index contributed by atoms with van der Waals surface area (Å²) < 4.78 is 1.59. The number of aromatic nitrogens is 3. The highest BCUT2D eigenvalue weighted by molar-refractivity contribution is 5.71. The van der Waals surface area contributed by atoms with Crippen molar-refractivity contribution in [2.45, 2.75) is 32.7 Å². The predicted molar refractivity (Wildman–Crippen MR) is 46.4 cm³/mol. The second-order valence-corrected chi connectivity index (χ2v) is 2.92. The van der Waals surface area contributed by atoms with Gasteiger partial charge in [0, 0.05) is 6.42 Å². The van der Waals surface area contributed by atoms with Crippen molar-refractivity contribution in [2.75, 3.05) is 0 Å². The van der Waals surface area contributed by atoms with Crippen LogP contribution in [0.5, 0.6) is 0 Å². The maximum atomic E-state index is 10.7. The zero-order valence-corrected chi connectivity index (χ0v) is 7.77. The van der Waals surface area contributed by atoms with Crippen LogP contribution in [-0.2, 0) is 11.2 Å². The fraction of sp³-hybridized carbons (Fsp3) is 0.625. The van der Waals surface area contributed by atoms with Crippen molar-refractivity contribution in [2.24, 2.45) is 0 Å². The molecule has 5 nitrogen and oxygen atoms in total. The molecule has 0 aliphatic heterocycles. The van der Waals surface area contributed by atoms with E-state index in [0.29, 0.717) is 0 Å². The molecule has 0 bridgehead atoms. The molecule has 1 atom stereocenters. The molecule has 0 aliphatic carbocycles. The van der Waals surface area contributed by atoms with Crippen LogP contribution in [0.25, 0.3) is 0 Å². The molecule has 0 aliphatic rings. The average Bonchev–Trinajstić information content (AvgIpc) is 2.52. The average molecular weight is 183 g/mol. The van der Waals surface area contributed by atoms with Crippen LogP contribution in [0.15, 0.2) is 6.33 Å². The standard InChI is InChI=1S/C8H13N3O2/c1-3-4-7-10-9-5-11(7)6(2)8(12)13/h5-6H,3-4H2,1-2H3,(H,12,13). The first-order valence-electron chi connectivity index (χ1n) is 4.28. The Hall–Kier alpha value is -1.39. The molecule has 1 rings (SSSR count). The van der Waals surface area contributed by atoms with E-state index in [1.165, 1.54) is 6.33 Å². The van der Waals surface area contributed by atoms with Crippen molar-refractivity contribution in [3.63, 3.8) is 0 Å². The number of carboxylic acids is 1. The van der Waals surface area contributed by atoms with Crippen molar-refractivity contribution in [3.05, 3.63) is 12.2 Å². The van der Waals surface area contributed by atoms with E-state index in [4.69, 9.17) is 5.11 Å². The zero-order valence-electron chi connectivity index (χ0n) is 7.77. The first kappa shape index (κ1) is 9.70. The van der Waals surface area contributed by atoms with Crippen LogP contribution in [-0.4, -0.2) is 25.8 Å². The predicted octanol–water partition coefficient (Wildman–Crippen LogP) is 0.876. The van der Waals surface area contributed by atoms with Crippen LogP contribution < -0.4 is 0 Å². The molecule has 1 heterocycles. The summed E-state index contributed by atoms with van der Waals surface area (Å²) in [5.41, 5.74) is 0. The quantitative estimate of drug-likeness (QED) is 0.752. The Kier molecular flexibility index (Phi) is 3.00. The highest BCUT2D eigenvalue weighted by atomic mass is 16.4. The highest BCUT2D eigenvalue weighted by Gasteiger charge is 2.16. The number of hydrogen-bond donors (Lipinski definition) is 1. The summed E-state index contributed by atoms with van der Waals surface area (Å²) in [7, 11) is 0. The normalized spacial score (nSPS) is 12.8. The summed E-state index contributed by atoms with van der Waals surface area (Å²) in [6, 6.07) is -0.587. The van der Waals surface area contributed by atoms with Gasteiger partial charge < -0.3 is 9.67 Å². The summed E-state index contributed by atoms with van der Waals surface area (Å²) in [5.74, 6) is -0.130. The molecule has 0 saturated carbocycles. The van der Waals surface area contributed by atoms with Crippen molar-refractivity contribution < 1.29 is 9.90 Å². The molecule has 0 amide bonds. The lowest BCUT2D eigenvalue weighted by Crippen LogP contribution is -2.17. The largest absolute Gasteiger partial charge is 0.480 e. The molecule has 13 heavy (non-hydrogen) atoms. The third kappa shape index (κ3) is 2.05. The molecule has 1 N–H and O–H groups in total. The van der Waals surface area contributed by atoms with E-state index in [2.05, 4.69) is 10.2 Å². The van der Waals surface area contributed by atoms with E-state index in [-0.39, 0.29) is 0 Å². The Bertz CT molecular complexity index is 295. The summed E-state index contributed by atoms with van der Waals surface area (Å²) in [5, 5.41) is 16.3. The van der Waals surface area contributed by atoms with Crippen LogP contribution in [0.1, 0.15) is 32.1 Å². The molecule has 0 aromatic carbocycles. The zero-order chi connectivity index (χ0) is 9.84. The SMILES string of the molecule is CCCc1nncn1C(C)C(=O)O. The first-order chi connectivity index (χ1) is 6.16. The molecule has 5 heteroatoms. The third-order valence-electron chi connectivity index (χ3n) is 1.90. The third-order valence-corrected chi connectivity index (χ3v) is 1.90. The maximum Gasteiger partial charge on any atom is 0.326 e. The molecule has 1 aromatic heterocycles. The monoisotopic (exact) mass is 183 g/mol. The van der Waals surface area contributed by atoms with Gasteiger partial charge >= 0.3 is 5.97 Å². The fourth-order valence-corrected chi connectivity index (χ4v) is 1.11.